The van der Waals surface area contributed by atoms with E-state index in [1.54, 1.807) is 18.5 Å². The molecule has 0 bridgehead atoms. The monoisotopic (exact) mass is 490 g/mol. The molecule has 35 heavy (non-hydrogen) atoms. The third kappa shape index (κ3) is 6.36. The number of benzene rings is 1. The quantitative estimate of drug-likeness (QED) is 0.436. The van der Waals surface area contributed by atoms with Crippen molar-refractivity contribution in [2.24, 2.45) is 5.92 Å². The predicted octanol–water partition coefficient (Wildman–Crippen LogP) is 5.81. The summed E-state index contributed by atoms with van der Waals surface area (Å²) in [6, 6.07) is 9.62. The molecule has 3 aromatic rings. The minimum Gasteiger partial charge on any atom is -0.369 e. The number of rotatable bonds is 7. The van der Waals surface area contributed by atoms with Crippen LogP contribution in [0, 0.1) is 12.8 Å². The van der Waals surface area contributed by atoms with E-state index in [0.717, 1.165) is 60.5 Å². The fourth-order valence-corrected chi connectivity index (χ4v) is 4.43. The molecule has 0 spiro atoms. The number of halogens is 1. The zero-order valence-electron chi connectivity index (χ0n) is 20.2. The number of hydrogen-bond donors (Lipinski definition) is 2. The van der Waals surface area contributed by atoms with E-state index in [1.807, 2.05) is 42.3 Å². The Bertz CT molecular complexity index is 1210. The van der Waals surface area contributed by atoms with E-state index < -0.39 is 0 Å². The lowest BCUT2D eigenvalue weighted by molar-refractivity contribution is 0.180. The first-order valence-electron chi connectivity index (χ1n) is 12.0. The molecule has 1 saturated heterocycles. The summed E-state index contributed by atoms with van der Waals surface area (Å²) in [5.41, 5.74) is 4.44. The molecule has 8 heteroatoms. The number of urea groups is 1. The largest absolute Gasteiger partial charge is 0.369 e. The molecule has 1 aromatic carbocycles. The Balaban J connectivity index is 1.40. The van der Waals surface area contributed by atoms with Crippen LogP contribution < -0.4 is 10.6 Å². The first-order chi connectivity index (χ1) is 16.9. The average molecular weight is 491 g/mol. The standard InChI is InChI=1S/C27H31ClN6O/c1-4-21-15-31-25(19(3)22-12-23(28)16-29-14-22)33-26(21)30-13-20-8-6-10-34(17-20)27(35)32-24-9-5-7-18(2)11-24/h5,7,9,11-12,14-16,20H,3-4,6,8,10,13,17H2,1-2H3,(H,32,35)(H,30,31,33)/t20-/m1/s1. The Morgan fingerprint density at radius 1 is 1.26 bits per heavy atom. The molecule has 0 aliphatic carbocycles. The van der Waals surface area contributed by atoms with Crippen molar-refractivity contribution in [3.05, 3.63) is 83.0 Å². The molecule has 0 saturated carbocycles. The second-order valence-corrected chi connectivity index (χ2v) is 9.36. The maximum absolute atomic E-state index is 12.8. The van der Waals surface area contributed by atoms with Gasteiger partial charge in [0.2, 0.25) is 0 Å². The maximum Gasteiger partial charge on any atom is 0.321 e. The number of nitrogens with zero attached hydrogens (tertiary/aromatic N) is 4. The number of pyridine rings is 1. The number of nitrogens with one attached hydrogen (secondary N) is 2. The highest BCUT2D eigenvalue weighted by Gasteiger charge is 2.24. The molecule has 1 aliphatic rings. The lowest BCUT2D eigenvalue weighted by Gasteiger charge is -2.33. The minimum absolute atomic E-state index is 0.0506. The Kier molecular flexibility index (Phi) is 7.98. The van der Waals surface area contributed by atoms with E-state index in [0.29, 0.717) is 28.9 Å². The van der Waals surface area contributed by atoms with Crippen molar-refractivity contribution in [1.82, 2.24) is 19.9 Å². The molecule has 1 fully saturated rings. The molecule has 2 aromatic heterocycles. The van der Waals surface area contributed by atoms with Gasteiger partial charge in [-0.05, 0) is 55.9 Å². The predicted molar refractivity (Wildman–Crippen MR) is 142 cm³/mol. The van der Waals surface area contributed by atoms with Crippen LogP contribution in [0.1, 0.15) is 42.3 Å². The molecular formula is C27H31ClN6O. The van der Waals surface area contributed by atoms with Crippen LogP contribution in [0.15, 0.2) is 55.5 Å². The highest BCUT2D eigenvalue weighted by Crippen LogP contribution is 2.24. The molecule has 7 nitrogen and oxygen atoms in total. The zero-order chi connectivity index (χ0) is 24.8. The van der Waals surface area contributed by atoms with Crippen molar-refractivity contribution in [1.29, 1.82) is 0 Å². The average Bonchev–Trinajstić information content (AvgIpc) is 2.87. The van der Waals surface area contributed by atoms with Gasteiger partial charge in [0.05, 0.1) is 5.02 Å². The molecule has 4 rings (SSSR count). The molecule has 0 unspecified atom stereocenters. The topological polar surface area (TPSA) is 83.0 Å². The van der Waals surface area contributed by atoms with Crippen LogP contribution in [0.3, 0.4) is 0 Å². The molecule has 0 radical (unpaired) electrons. The van der Waals surface area contributed by atoms with Crippen molar-refractivity contribution < 1.29 is 4.79 Å². The third-order valence-electron chi connectivity index (χ3n) is 6.20. The fourth-order valence-electron chi connectivity index (χ4n) is 4.25. The van der Waals surface area contributed by atoms with Crippen LogP contribution in [0.4, 0.5) is 16.3 Å². The van der Waals surface area contributed by atoms with Gasteiger partial charge >= 0.3 is 6.03 Å². The third-order valence-corrected chi connectivity index (χ3v) is 6.41. The van der Waals surface area contributed by atoms with E-state index in [4.69, 9.17) is 16.6 Å². The summed E-state index contributed by atoms with van der Waals surface area (Å²) >= 11 is 6.09. The maximum atomic E-state index is 12.8. The van der Waals surface area contributed by atoms with Crippen LogP contribution >= 0.6 is 11.6 Å². The SMILES string of the molecule is C=C(c1cncc(Cl)c1)c1ncc(CC)c(NC[C@H]2CCCN(C(=O)Nc3cccc(C)c3)C2)n1. The van der Waals surface area contributed by atoms with Gasteiger partial charge in [-0.15, -0.1) is 0 Å². The van der Waals surface area contributed by atoms with Gasteiger partial charge in [-0.25, -0.2) is 14.8 Å². The molecular weight excluding hydrogens is 460 g/mol. The zero-order valence-corrected chi connectivity index (χ0v) is 21.0. The van der Waals surface area contributed by atoms with Crippen molar-refractivity contribution >= 4 is 34.7 Å². The Morgan fingerprint density at radius 3 is 2.89 bits per heavy atom. The molecule has 1 atom stereocenters. The summed E-state index contributed by atoms with van der Waals surface area (Å²) in [6.45, 7) is 10.4. The number of amides is 2. The normalized spacial score (nSPS) is 15.5. The van der Waals surface area contributed by atoms with E-state index in [2.05, 4.69) is 34.1 Å². The van der Waals surface area contributed by atoms with Gasteiger partial charge in [0.15, 0.2) is 5.82 Å². The second kappa shape index (κ2) is 11.3. The van der Waals surface area contributed by atoms with Crippen LogP contribution in [0.5, 0.6) is 0 Å². The Labute approximate surface area is 211 Å². The summed E-state index contributed by atoms with van der Waals surface area (Å²) in [7, 11) is 0. The number of likely N-dealkylation sites (tertiary alicyclic amines) is 1. The smallest absolute Gasteiger partial charge is 0.321 e. The highest BCUT2D eigenvalue weighted by molar-refractivity contribution is 6.30. The van der Waals surface area contributed by atoms with E-state index in [-0.39, 0.29) is 6.03 Å². The fraction of sp³-hybridized carbons (Fsp3) is 0.333. The van der Waals surface area contributed by atoms with Crippen molar-refractivity contribution in [3.63, 3.8) is 0 Å². The van der Waals surface area contributed by atoms with Crippen molar-refractivity contribution in [3.8, 4) is 0 Å². The van der Waals surface area contributed by atoms with Gasteiger partial charge in [-0.2, -0.15) is 0 Å². The van der Waals surface area contributed by atoms with Crippen LogP contribution in [-0.4, -0.2) is 45.5 Å². The lowest BCUT2D eigenvalue weighted by Crippen LogP contribution is -2.44. The van der Waals surface area contributed by atoms with Gasteiger partial charge in [0.25, 0.3) is 0 Å². The van der Waals surface area contributed by atoms with E-state index in [9.17, 15) is 4.79 Å². The molecule has 2 amide bonds. The van der Waals surface area contributed by atoms with Crippen molar-refractivity contribution in [2.45, 2.75) is 33.1 Å². The summed E-state index contributed by atoms with van der Waals surface area (Å²) in [4.78, 5) is 28.1. The molecule has 182 valence electrons. The molecule has 1 aliphatic heterocycles. The summed E-state index contributed by atoms with van der Waals surface area (Å²) in [6.07, 6.45) is 7.97. The van der Waals surface area contributed by atoms with Gasteiger partial charge in [0.1, 0.15) is 5.82 Å². The van der Waals surface area contributed by atoms with Crippen molar-refractivity contribution in [2.75, 3.05) is 30.3 Å². The first-order valence-corrected chi connectivity index (χ1v) is 12.3. The Morgan fingerprint density at radius 2 is 2.11 bits per heavy atom. The Hall–Kier alpha value is -3.45. The van der Waals surface area contributed by atoms with Crippen LogP contribution in [-0.2, 0) is 6.42 Å². The highest BCUT2D eigenvalue weighted by atomic mass is 35.5. The van der Waals surface area contributed by atoms with Gasteiger partial charge in [-0.1, -0.05) is 37.2 Å². The number of anilines is 2. The minimum atomic E-state index is -0.0506. The van der Waals surface area contributed by atoms with Crippen LogP contribution in [0.25, 0.3) is 5.57 Å². The molecule has 2 N–H and O–H groups in total. The summed E-state index contributed by atoms with van der Waals surface area (Å²) < 4.78 is 0. The number of aryl methyl sites for hydroxylation is 2. The second-order valence-electron chi connectivity index (χ2n) is 8.93. The summed E-state index contributed by atoms with van der Waals surface area (Å²) in [5, 5.41) is 7.08. The van der Waals surface area contributed by atoms with Gasteiger partial charge < -0.3 is 15.5 Å². The van der Waals surface area contributed by atoms with Gasteiger partial charge in [0, 0.05) is 60.6 Å². The molecule has 3 heterocycles. The van der Waals surface area contributed by atoms with Crippen LogP contribution in [0.2, 0.25) is 5.02 Å². The number of carbonyl (C=O) groups excluding carboxylic acids is 1. The van der Waals surface area contributed by atoms with Gasteiger partial charge in [-0.3, -0.25) is 4.98 Å². The number of hydrogen-bond acceptors (Lipinski definition) is 5. The van der Waals surface area contributed by atoms with E-state index in [1.165, 1.54) is 0 Å². The number of aromatic nitrogens is 3. The number of piperidine rings is 1. The number of carbonyl (C=O) groups is 1. The van der Waals surface area contributed by atoms with E-state index >= 15 is 0 Å². The lowest BCUT2D eigenvalue weighted by atomic mass is 9.98. The summed E-state index contributed by atoms with van der Waals surface area (Å²) in [5.74, 6) is 1.67. The first kappa shape index (κ1) is 24.7.